The maximum atomic E-state index is 12.2. The van der Waals surface area contributed by atoms with Crippen LogP contribution in [0.5, 0.6) is 0 Å². The lowest BCUT2D eigenvalue weighted by Crippen LogP contribution is -2.47. The van der Waals surface area contributed by atoms with Gasteiger partial charge in [-0.1, -0.05) is 0 Å². The standard InChI is InChI=1S/C20H32N4O4S/c1-21(2)29(27,28)19-5-3-18(4-6-19)23-15-13-22(14-16-23)10-7-17-8-11-24(12-9-17)20(25)26/h3-6,17H,7-16H2,1-2H3,(H,25,26). The zero-order valence-electron chi connectivity index (χ0n) is 17.3. The van der Waals surface area contributed by atoms with Gasteiger partial charge in [-0.05, 0) is 56.0 Å². The van der Waals surface area contributed by atoms with E-state index in [-0.39, 0.29) is 0 Å². The topological polar surface area (TPSA) is 84.4 Å². The molecule has 1 N–H and O–H groups in total. The fourth-order valence-corrected chi connectivity index (χ4v) is 4.95. The molecule has 0 saturated carbocycles. The van der Waals surface area contributed by atoms with Gasteiger partial charge in [0.15, 0.2) is 0 Å². The molecule has 0 spiro atoms. The summed E-state index contributed by atoms with van der Waals surface area (Å²) in [7, 11) is -0.309. The summed E-state index contributed by atoms with van der Waals surface area (Å²) in [4.78, 5) is 17.6. The minimum atomic E-state index is -3.39. The van der Waals surface area contributed by atoms with Crippen molar-refractivity contribution in [3.63, 3.8) is 0 Å². The number of carbonyl (C=O) groups is 1. The monoisotopic (exact) mass is 424 g/mol. The molecule has 162 valence electrons. The number of rotatable bonds is 6. The van der Waals surface area contributed by atoms with E-state index >= 15 is 0 Å². The summed E-state index contributed by atoms with van der Waals surface area (Å²) in [5.74, 6) is 0.620. The van der Waals surface area contributed by atoms with E-state index in [1.807, 2.05) is 12.1 Å². The van der Waals surface area contributed by atoms with Gasteiger partial charge in [-0.25, -0.2) is 17.5 Å². The Morgan fingerprint density at radius 2 is 1.62 bits per heavy atom. The van der Waals surface area contributed by atoms with Gasteiger partial charge < -0.3 is 14.9 Å². The SMILES string of the molecule is CN(C)S(=O)(=O)c1ccc(N2CCN(CCC3CCN(C(=O)O)CC3)CC2)cc1. The van der Waals surface area contributed by atoms with Gasteiger partial charge >= 0.3 is 6.09 Å². The van der Waals surface area contributed by atoms with Gasteiger partial charge in [0.25, 0.3) is 0 Å². The molecule has 1 amide bonds. The molecule has 29 heavy (non-hydrogen) atoms. The zero-order valence-corrected chi connectivity index (χ0v) is 18.1. The third-order valence-corrected chi connectivity index (χ3v) is 7.92. The minimum Gasteiger partial charge on any atom is -0.465 e. The summed E-state index contributed by atoms with van der Waals surface area (Å²) in [6, 6.07) is 7.14. The number of hydrogen-bond donors (Lipinski definition) is 1. The Morgan fingerprint density at radius 3 is 2.14 bits per heavy atom. The van der Waals surface area contributed by atoms with Crippen LogP contribution in [-0.4, -0.2) is 93.6 Å². The number of carboxylic acid groups (broad SMARTS) is 1. The quantitative estimate of drug-likeness (QED) is 0.750. The van der Waals surface area contributed by atoms with Crippen molar-refractivity contribution >= 4 is 21.8 Å². The van der Waals surface area contributed by atoms with Crippen molar-refractivity contribution in [2.45, 2.75) is 24.2 Å². The summed E-state index contributed by atoms with van der Waals surface area (Å²) in [5.41, 5.74) is 1.06. The average Bonchev–Trinajstić information content (AvgIpc) is 2.73. The minimum absolute atomic E-state index is 0.318. The van der Waals surface area contributed by atoms with Crippen LogP contribution in [-0.2, 0) is 10.0 Å². The lowest BCUT2D eigenvalue weighted by molar-refractivity contribution is 0.119. The van der Waals surface area contributed by atoms with Crippen LogP contribution >= 0.6 is 0 Å². The first kappa shape index (κ1) is 21.9. The maximum absolute atomic E-state index is 12.2. The number of nitrogens with zero attached hydrogens (tertiary/aromatic N) is 4. The van der Waals surface area contributed by atoms with Crippen LogP contribution in [0, 0.1) is 5.92 Å². The first-order chi connectivity index (χ1) is 13.8. The van der Waals surface area contributed by atoms with Gasteiger partial charge in [0.2, 0.25) is 10.0 Å². The van der Waals surface area contributed by atoms with E-state index in [9.17, 15) is 13.2 Å². The van der Waals surface area contributed by atoms with Crippen molar-refractivity contribution in [1.29, 1.82) is 0 Å². The average molecular weight is 425 g/mol. The number of benzene rings is 1. The maximum Gasteiger partial charge on any atom is 0.407 e. The number of anilines is 1. The van der Waals surface area contributed by atoms with Crippen LogP contribution in [0.4, 0.5) is 10.5 Å². The van der Waals surface area contributed by atoms with Crippen LogP contribution in [0.2, 0.25) is 0 Å². The summed E-state index contributed by atoms with van der Waals surface area (Å²) in [6.45, 7) is 6.22. The molecular weight excluding hydrogens is 392 g/mol. The third kappa shape index (κ3) is 5.40. The molecule has 0 bridgehead atoms. The predicted octanol–water partition coefficient (Wildman–Crippen LogP) is 1.84. The Morgan fingerprint density at radius 1 is 1.03 bits per heavy atom. The molecule has 0 atom stereocenters. The highest BCUT2D eigenvalue weighted by atomic mass is 32.2. The normalized spacial score (nSPS) is 19.7. The number of amides is 1. The largest absolute Gasteiger partial charge is 0.465 e. The molecule has 0 aromatic heterocycles. The molecule has 3 rings (SSSR count). The molecule has 0 aliphatic carbocycles. The molecule has 1 aromatic rings. The molecule has 0 radical (unpaired) electrons. The number of sulfonamides is 1. The molecule has 1 aromatic carbocycles. The number of likely N-dealkylation sites (tertiary alicyclic amines) is 1. The molecule has 2 aliphatic heterocycles. The molecule has 0 unspecified atom stereocenters. The predicted molar refractivity (Wildman–Crippen MR) is 113 cm³/mol. The fourth-order valence-electron chi connectivity index (χ4n) is 4.05. The van der Waals surface area contributed by atoms with E-state index in [4.69, 9.17) is 5.11 Å². The van der Waals surface area contributed by atoms with Crippen molar-refractivity contribution in [2.24, 2.45) is 5.92 Å². The molecular formula is C20H32N4O4S. The smallest absolute Gasteiger partial charge is 0.407 e. The summed E-state index contributed by atoms with van der Waals surface area (Å²) >= 11 is 0. The van der Waals surface area contributed by atoms with E-state index in [0.717, 1.165) is 57.7 Å². The second-order valence-corrected chi connectivity index (χ2v) is 10.3. The Labute approximate surface area is 173 Å². The van der Waals surface area contributed by atoms with E-state index < -0.39 is 16.1 Å². The van der Waals surface area contributed by atoms with Crippen molar-refractivity contribution in [2.75, 3.05) is 64.8 Å². The summed E-state index contributed by atoms with van der Waals surface area (Å²) in [6.07, 6.45) is 2.26. The Balaban J connectivity index is 1.43. The molecule has 2 fully saturated rings. The Bertz CT molecular complexity index is 781. The van der Waals surface area contributed by atoms with Crippen LogP contribution < -0.4 is 4.90 Å². The Hall–Kier alpha value is -1.84. The number of piperidine rings is 1. The second kappa shape index (κ2) is 9.32. The highest BCUT2D eigenvalue weighted by Crippen LogP contribution is 2.23. The highest BCUT2D eigenvalue weighted by molar-refractivity contribution is 7.89. The molecule has 2 heterocycles. The van der Waals surface area contributed by atoms with Gasteiger partial charge in [0, 0.05) is 59.1 Å². The van der Waals surface area contributed by atoms with Gasteiger partial charge in [0.1, 0.15) is 0 Å². The first-order valence-corrected chi connectivity index (χ1v) is 11.7. The van der Waals surface area contributed by atoms with E-state index in [0.29, 0.717) is 23.9 Å². The highest BCUT2D eigenvalue weighted by Gasteiger charge is 2.24. The van der Waals surface area contributed by atoms with Crippen LogP contribution in [0.25, 0.3) is 0 Å². The van der Waals surface area contributed by atoms with Crippen LogP contribution in [0.3, 0.4) is 0 Å². The molecule has 9 heteroatoms. The van der Waals surface area contributed by atoms with Crippen molar-refractivity contribution in [3.8, 4) is 0 Å². The van der Waals surface area contributed by atoms with Gasteiger partial charge in [-0.3, -0.25) is 4.90 Å². The second-order valence-electron chi connectivity index (χ2n) is 8.11. The zero-order chi connectivity index (χ0) is 21.0. The molecule has 2 saturated heterocycles. The van der Waals surface area contributed by atoms with Gasteiger partial charge in [0.05, 0.1) is 4.90 Å². The van der Waals surface area contributed by atoms with Crippen molar-refractivity contribution in [3.05, 3.63) is 24.3 Å². The number of piperazine rings is 1. The molecule has 8 nitrogen and oxygen atoms in total. The van der Waals surface area contributed by atoms with Crippen LogP contribution in [0.1, 0.15) is 19.3 Å². The lowest BCUT2D eigenvalue weighted by atomic mass is 9.93. The van der Waals surface area contributed by atoms with Crippen molar-refractivity contribution < 1.29 is 18.3 Å². The van der Waals surface area contributed by atoms with Crippen LogP contribution in [0.15, 0.2) is 29.2 Å². The van der Waals surface area contributed by atoms with Crippen molar-refractivity contribution in [1.82, 2.24) is 14.1 Å². The molecule has 2 aliphatic rings. The van der Waals surface area contributed by atoms with E-state index in [1.165, 1.54) is 23.3 Å². The summed E-state index contributed by atoms with van der Waals surface area (Å²) in [5, 5.41) is 9.04. The van der Waals surface area contributed by atoms with Gasteiger partial charge in [-0.2, -0.15) is 0 Å². The lowest BCUT2D eigenvalue weighted by Gasteiger charge is -2.37. The number of hydrogen-bond acceptors (Lipinski definition) is 5. The fraction of sp³-hybridized carbons (Fsp3) is 0.650. The Kier molecular flexibility index (Phi) is 7.02. The van der Waals surface area contributed by atoms with E-state index in [2.05, 4.69) is 9.80 Å². The van der Waals surface area contributed by atoms with Gasteiger partial charge in [-0.15, -0.1) is 0 Å². The summed E-state index contributed by atoms with van der Waals surface area (Å²) < 4.78 is 25.6. The first-order valence-electron chi connectivity index (χ1n) is 10.2. The third-order valence-electron chi connectivity index (χ3n) is 6.09. The van der Waals surface area contributed by atoms with E-state index in [1.54, 1.807) is 12.1 Å².